The summed E-state index contributed by atoms with van der Waals surface area (Å²) in [4.78, 5) is 55.0. The van der Waals surface area contributed by atoms with Gasteiger partial charge < -0.3 is 9.47 Å². The van der Waals surface area contributed by atoms with E-state index in [2.05, 4.69) is 4.98 Å². The number of aryl methyl sites for hydroxylation is 1. The van der Waals surface area contributed by atoms with Crippen LogP contribution in [0.4, 0.5) is 18.9 Å². The average Bonchev–Trinajstić information content (AvgIpc) is 3.23. The molecule has 1 fully saturated rings. The van der Waals surface area contributed by atoms with Crippen LogP contribution < -0.4 is 9.64 Å². The molecule has 13 heteroatoms. The molecule has 0 aliphatic carbocycles. The normalized spacial score (nSPS) is 15.0. The predicted octanol–water partition coefficient (Wildman–Crippen LogP) is 5.14. The van der Waals surface area contributed by atoms with Crippen molar-refractivity contribution in [3.05, 3.63) is 82.5 Å². The molecule has 3 aromatic rings. The number of anilines is 1. The first-order chi connectivity index (χ1) is 19.9. The summed E-state index contributed by atoms with van der Waals surface area (Å²) in [5.41, 5.74) is -0.763. The summed E-state index contributed by atoms with van der Waals surface area (Å²) >= 11 is 0.617. The largest absolute Gasteiger partial charge is 0.494 e. The van der Waals surface area contributed by atoms with Gasteiger partial charge in [-0.05, 0) is 74.0 Å². The predicted molar refractivity (Wildman–Crippen MR) is 144 cm³/mol. The number of ether oxygens (including phenoxy) is 2. The van der Waals surface area contributed by atoms with E-state index < -0.39 is 47.3 Å². The van der Waals surface area contributed by atoms with Crippen LogP contribution in [-0.2, 0) is 20.5 Å². The monoisotopic (exact) mass is 597 g/mol. The molecule has 1 aliphatic rings. The number of ketones is 1. The lowest BCUT2D eigenvalue weighted by Gasteiger charge is -2.16. The van der Waals surface area contributed by atoms with Crippen LogP contribution in [-0.4, -0.2) is 47.0 Å². The van der Waals surface area contributed by atoms with E-state index >= 15 is 0 Å². The minimum Gasteiger partial charge on any atom is -0.494 e. The molecule has 2 aromatic carbocycles. The lowest BCUT2D eigenvalue weighted by atomic mass is 10.1. The van der Waals surface area contributed by atoms with Gasteiger partial charge in [-0.2, -0.15) is 18.4 Å². The molecule has 1 aromatic heterocycles. The topological polar surface area (TPSA) is 127 Å². The molecule has 9 nitrogen and oxygen atoms in total. The number of benzene rings is 2. The Bertz CT molecular complexity index is 1580. The van der Waals surface area contributed by atoms with Crippen molar-refractivity contribution in [2.45, 2.75) is 36.7 Å². The molecule has 1 saturated heterocycles. The van der Waals surface area contributed by atoms with Gasteiger partial charge in [-0.25, -0.2) is 14.7 Å². The number of carbonyl (C=O) groups is 4. The van der Waals surface area contributed by atoms with Crippen LogP contribution in [0.2, 0.25) is 0 Å². The van der Waals surface area contributed by atoms with E-state index in [0.29, 0.717) is 29.7 Å². The van der Waals surface area contributed by atoms with Gasteiger partial charge in [-0.3, -0.25) is 14.4 Å². The van der Waals surface area contributed by atoms with Crippen LogP contribution in [0.1, 0.15) is 50.9 Å². The third kappa shape index (κ3) is 6.60. The second-order valence-electron chi connectivity index (χ2n) is 9.00. The number of pyridine rings is 1. The van der Waals surface area contributed by atoms with Crippen LogP contribution >= 0.6 is 11.8 Å². The van der Waals surface area contributed by atoms with Gasteiger partial charge in [0, 0.05) is 12.0 Å². The zero-order valence-electron chi connectivity index (χ0n) is 22.2. The Balaban J connectivity index is 1.42. The van der Waals surface area contributed by atoms with Crippen molar-refractivity contribution in [3.63, 3.8) is 0 Å². The standard InChI is InChI=1S/C29H22F3N3O6S/c1-3-40-20-10-6-17(7-11-20)22(36)15-41-28(39)18-4-8-19(9-5-18)35-25(37)13-23(27(35)38)42-26-21(14-33)16(2)12-24(34-26)29(30,31)32/h4-12,23H,3,13,15H2,1-2H3. The van der Waals surface area contributed by atoms with E-state index in [4.69, 9.17) is 9.47 Å². The number of thioether (sulfide) groups is 1. The maximum atomic E-state index is 13.3. The van der Waals surface area contributed by atoms with Gasteiger partial charge in [-0.15, -0.1) is 0 Å². The minimum absolute atomic E-state index is 0.0413. The van der Waals surface area contributed by atoms with Crippen LogP contribution in [0.5, 0.6) is 5.75 Å². The molecule has 1 unspecified atom stereocenters. The summed E-state index contributed by atoms with van der Waals surface area (Å²) in [5.74, 6) is -1.95. The molecule has 42 heavy (non-hydrogen) atoms. The van der Waals surface area contributed by atoms with Crippen molar-refractivity contribution in [2.75, 3.05) is 18.1 Å². The van der Waals surface area contributed by atoms with Crippen molar-refractivity contribution in [1.29, 1.82) is 5.26 Å². The van der Waals surface area contributed by atoms with Gasteiger partial charge in [0.1, 0.15) is 22.5 Å². The van der Waals surface area contributed by atoms with E-state index in [1.54, 1.807) is 30.3 Å². The van der Waals surface area contributed by atoms with Gasteiger partial charge in [0.05, 0.1) is 28.7 Å². The number of hydrogen-bond acceptors (Lipinski definition) is 9. The highest BCUT2D eigenvalue weighted by atomic mass is 32.2. The highest BCUT2D eigenvalue weighted by Gasteiger charge is 2.42. The number of esters is 1. The van der Waals surface area contributed by atoms with Gasteiger partial charge >= 0.3 is 12.1 Å². The molecule has 0 bridgehead atoms. The number of hydrogen-bond donors (Lipinski definition) is 0. The Kier molecular flexibility index (Phi) is 8.96. The van der Waals surface area contributed by atoms with Crippen LogP contribution in [0.25, 0.3) is 0 Å². The number of carbonyl (C=O) groups excluding carboxylic acids is 4. The number of nitriles is 1. The Labute approximate surface area is 242 Å². The minimum atomic E-state index is -4.76. The highest BCUT2D eigenvalue weighted by molar-refractivity contribution is 8.00. The molecule has 0 N–H and O–H groups in total. The molecular weight excluding hydrogens is 575 g/mol. The van der Waals surface area contributed by atoms with Crippen molar-refractivity contribution in [3.8, 4) is 11.8 Å². The number of halogens is 3. The summed E-state index contributed by atoms with van der Waals surface area (Å²) in [5, 5.41) is 8.02. The smallest absolute Gasteiger partial charge is 0.433 e. The maximum absolute atomic E-state index is 13.3. The Morgan fingerprint density at radius 3 is 2.33 bits per heavy atom. The molecule has 4 rings (SSSR count). The molecule has 2 amide bonds. The summed E-state index contributed by atoms with van der Waals surface area (Å²) in [6.07, 6.45) is -5.09. The summed E-state index contributed by atoms with van der Waals surface area (Å²) in [6.45, 7) is 3.13. The first-order valence-corrected chi connectivity index (χ1v) is 13.4. The summed E-state index contributed by atoms with van der Waals surface area (Å²) < 4.78 is 50.2. The SMILES string of the molecule is CCOc1ccc(C(=O)COC(=O)c2ccc(N3C(=O)CC(Sc4nc(C(F)(F)F)cc(C)c4C#N)C3=O)cc2)cc1. The van der Waals surface area contributed by atoms with Crippen molar-refractivity contribution in [2.24, 2.45) is 0 Å². The third-order valence-electron chi connectivity index (χ3n) is 6.13. The number of alkyl halides is 3. The lowest BCUT2D eigenvalue weighted by molar-refractivity contribution is -0.141. The van der Waals surface area contributed by atoms with Gasteiger partial charge in [0.2, 0.25) is 11.8 Å². The second-order valence-corrected chi connectivity index (χ2v) is 10.2. The number of nitrogens with zero attached hydrogens (tertiary/aromatic N) is 3. The molecular formula is C29H22F3N3O6S. The molecule has 1 atom stereocenters. The Hall–Kier alpha value is -4.70. The van der Waals surface area contributed by atoms with Crippen LogP contribution in [0.3, 0.4) is 0 Å². The van der Waals surface area contributed by atoms with E-state index in [1.165, 1.54) is 31.2 Å². The fraction of sp³-hybridized carbons (Fsp3) is 0.241. The fourth-order valence-corrected chi connectivity index (χ4v) is 5.24. The molecule has 0 spiro atoms. The number of imide groups is 1. The zero-order valence-corrected chi connectivity index (χ0v) is 23.0. The highest BCUT2D eigenvalue weighted by Crippen LogP contribution is 2.38. The van der Waals surface area contributed by atoms with E-state index in [1.807, 2.05) is 6.92 Å². The first-order valence-electron chi connectivity index (χ1n) is 12.5. The first kappa shape index (κ1) is 30.3. The van der Waals surface area contributed by atoms with E-state index in [-0.39, 0.29) is 33.8 Å². The zero-order chi connectivity index (χ0) is 30.6. The average molecular weight is 598 g/mol. The van der Waals surface area contributed by atoms with Crippen LogP contribution in [0.15, 0.2) is 59.6 Å². The Morgan fingerprint density at radius 2 is 1.74 bits per heavy atom. The summed E-state index contributed by atoms with van der Waals surface area (Å²) in [7, 11) is 0. The van der Waals surface area contributed by atoms with Gasteiger partial charge in [0.15, 0.2) is 12.4 Å². The second kappa shape index (κ2) is 12.4. The fourth-order valence-electron chi connectivity index (χ4n) is 4.06. The van der Waals surface area contributed by atoms with Crippen molar-refractivity contribution >= 4 is 41.0 Å². The quantitative estimate of drug-likeness (QED) is 0.187. The molecule has 1 aliphatic heterocycles. The molecule has 216 valence electrons. The van der Waals surface area contributed by atoms with Gasteiger partial charge in [0.25, 0.3) is 0 Å². The third-order valence-corrected chi connectivity index (χ3v) is 7.30. The van der Waals surface area contributed by atoms with E-state index in [9.17, 15) is 37.6 Å². The van der Waals surface area contributed by atoms with Crippen LogP contribution in [0, 0.1) is 18.3 Å². The number of aromatic nitrogens is 1. The van der Waals surface area contributed by atoms with Crippen molar-refractivity contribution in [1.82, 2.24) is 4.98 Å². The van der Waals surface area contributed by atoms with E-state index in [0.717, 1.165) is 11.0 Å². The Morgan fingerprint density at radius 1 is 1.10 bits per heavy atom. The lowest BCUT2D eigenvalue weighted by Crippen LogP contribution is -2.31. The maximum Gasteiger partial charge on any atom is 0.433 e. The van der Waals surface area contributed by atoms with Gasteiger partial charge in [-0.1, -0.05) is 11.8 Å². The van der Waals surface area contributed by atoms with Crippen molar-refractivity contribution < 1.29 is 41.8 Å². The summed E-state index contributed by atoms with van der Waals surface area (Å²) in [6, 6.07) is 14.2. The molecule has 2 heterocycles. The number of Topliss-reactive ketones (excluding diaryl/α,β-unsaturated/α-hetero) is 1. The number of amides is 2. The molecule has 0 radical (unpaired) electrons. The number of rotatable bonds is 9. The molecule has 0 saturated carbocycles.